The van der Waals surface area contributed by atoms with Gasteiger partial charge in [0.25, 0.3) is 5.56 Å². The Hall–Kier alpha value is -2.78. The number of aromatic nitrogens is 2. The van der Waals surface area contributed by atoms with E-state index in [1.807, 2.05) is 18.2 Å². The third-order valence-electron chi connectivity index (χ3n) is 2.67. The molecule has 0 aliphatic rings. The van der Waals surface area contributed by atoms with Crippen LogP contribution >= 0.6 is 0 Å². The first kappa shape index (κ1) is 14.6. The molecule has 0 spiro atoms. The zero-order valence-corrected chi connectivity index (χ0v) is 11.3. The fourth-order valence-corrected chi connectivity index (χ4v) is 1.70. The van der Waals surface area contributed by atoms with Gasteiger partial charge in [-0.2, -0.15) is 0 Å². The summed E-state index contributed by atoms with van der Waals surface area (Å²) in [6.45, 7) is 0.953. The lowest BCUT2D eigenvalue weighted by Crippen LogP contribution is -2.30. The first-order chi connectivity index (χ1) is 10.2. The van der Waals surface area contributed by atoms with Crippen LogP contribution in [0.25, 0.3) is 0 Å². The SMILES string of the molecule is NCC#Cc1cccc(OCCn2ccc(=O)[nH]c2=O)c1. The number of benzene rings is 1. The highest BCUT2D eigenvalue weighted by molar-refractivity contribution is 5.39. The molecule has 1 aromatic carbocycles. The Morgan fingerprint density at radius 1 is 1.29 bits per heavy atom. The molecule has 21 heavy (non-hydrogen) atoms. The van der Waals surface area contributed by atoms with E-state index in [0.717, 1.165) is 5.56 Å². The summed E-state index contributed by atoms with van der Waals surface area (Å²) >= 11 is 0. The quantitative estimate of drug-likeness (QED) is 0.769. The van der Waals surface area contributed by atoms with Crippen LogP contribution in [0.4, 0.5) is 0 Å². The molecule has 0 atom stereocenters. The lowest BCUT2D eigenvalue weighted by Gasteiger charge is -2.07. The molecule has 0 unspecified atom stereocenters. The predicted molar refractivity (Wildman–Crippen MR) is 79.2 cm³/mol. The van der Waals surface area contributed by atoms with Crippen molar-refractivity contribution in [3.8, 4) is 17.6 Å². The first-order valence-electron chi connectivity index (χ1n) is 6.40. The summed E-state index contributed by atoms with van der Waals surface area (Å²) in [4.78, 5) is 24.6. The van der Waals surface area contributed by atoms with Crippen LogP contribution in [-0.2, 0) is 6.54 Å². The molecular formula is C15H15N3O3. The Labute approximate surface area is 121 Å². The van der Waals surface area contributed by atoms with Crippen molar-refractivity contribution >= 4 is 0 Å². The molecule has 0 fully saturated rings. The van der Waals surface area contributed by atoms with Crippen molar-refractivity contribution < 1.29 is 4.74 Å². The highest BCUT2D eigenvalue weighted by Crippen LogP contribution is 2.12. The molecule has 1 heterocycles. The molecule has 0 bridgehead atoms. The number of nitrogens with two attached hydrogens (primary N) is 1. The van der Waals surface area contributed by atoms with Gasteiger partial charge in [-0.25, -0.2) is 4.79 Å². The minimum atomic E-state index is -0.450. The summed E-state index contributed by atoms with van der Waals surface area (Å²) in [6.07, 6.45) is 1.44. The van der Waals surface area contributed by atoms with E-state index in [2.05, 4.69) is 16.8 Å². The summed E-state index contributed by atoms with van der Waals surface area (Å²) in [5.74, 6) is 6.35. The molecule has 0 aliphatic heterocycles. The molecule has 0 amide bonds. The number of ether oxygens (including phenoxy) is 1. The van der Waals surface area contributed by atoms with Crippen LogP contribution in [0, 0.1) is 11.8 Å². The summed E-state index contributed by atoms with van der Waals surface area (Å²) in [5.41, 5.74) is 5.28. The van der Waals surface area contributed by atoms with Crippen molar-refractivity contribution in [3.05, 3.63) is 62.9 Å². The van der Waals surface area contributed by atoms with E-state index < -0.39 is 11.2 Å². The molecule has 6 heteroatoms. The first-order valence-corrected chi connectivity index (χ1v) is 6.40. The predicted octanol–water partition coefficient (Wildman–Crippen LogP) is -0.0742. The second-order valence-corrected chi connectivity index (χ2v) is 4.19. The zero-order valence-electron chi connectivity index (χ0n) is 11.3. The number of nitrogens with one attached hydrogen (secondary N) is 1. The molecular weight excluding hydrogens is 270 g/mol. The standard InChI is InChI=1S/C15H15N3O3/c16-7-2-4-12-3-1-5-13(11-12)21-10-9-18-8-6-14(19)17-15(18)20/h1,3,5-6,8,11H,7,9-10,16H2,(H,17,19,20). The van der Waals surface area contributed by atoms with Gasteiger partial charge in [0.05, 0.1) is 13.1 Å². The molecule has 6 nitrogen and oxygen atoms in total. The molecule has 108 valence electrons. The highest BCUT2D eigenvalue weighted by atomic mass is 16.5. The summed E-state index contributed by atoms with van der Waals surface area (Å²) in [5, 5.41) is 0. The van der Waals surface area contributed by atoms with Crippen LogP contribution in [0.15, 0.2) is 46.1 Å². The second kappa shape index (κ2) is 7.12. The molecule has 0 radical (unpaired) electrons. The molecule has 3 N–H and O–H groups in total. The Kier molecular flexibility index (Phi) is 4.96. The molecule has 2 aromatic rings. The van der Waals surface area contributed by atoms with Gasteiger partial charge in [-0.1, -0.05) is 17.9 Å². The average Bonchev–Trinajstić information content (AvgIpc) is 2.48. The van der Waals surface area contributed by atoms with Gasteiger partial charge in [-0.15, -0.1) is 0 Å². The van der Waals surface area contributed by atoms with Gasteiger partial charge in [0.15, 0.2) is 0 Å². The fraction of sp³-hybridized carbons (Fsp3) is 0.200. The molecule has 0 aliphatic carbocycles. The second-order valence-electron chi connectivity index (χ2n) is 4.19. The van der Waals surface area contributed by atoms with Gasteiger partial charge in [0.1, 0.15) is 12.4 Å². The molecule has 0 saturated carbocycles. The normalized spacial score (nSPS) is 9.76. The summed E-state index contributed by atoms with van der Waals surface area (Å²) in [6, 6.07) is 8.61. The van der Waals surface area contributed by atoms with E-state index in [0.29, 0.717) is 25.4 Å². The number of aromatic amines is 1. The van der Waals surface area contributed by atoms with Crippen molar-refractivity contribution in [2.24, 2.45) is 5.73 Å². The van der Waals surface area contributed by atoms with Gasteiger partial charge in [0.2, 0.25) is 0 Å². The minimum absolute atomic E-state index is 0.305. The number of nitrogens with zero attached hydrogens (tertiary/aromatic N) is 1. The van der Waals surface area contributed by atoms with Crippen molar-refractivity contribution in [1.82, 2.24) is 9.55 Å². The van der Waals surface area contributed by atoms with E-state index in [4.69, 9.17) is 10.5 Å². The number of hydrogen-bond acceptors (Lipinski definition) is 4. The van der Waals surface area contributed by atoms with Gasteiger partial charge in [-0.05, 0) is 18.2 Å². The van der Waals surface area contributed by atoms with Crippen LogP contribution < -0.4 is 21.7 Å². The monoisotopic (exact) mass is 285 g/mol. The van der Waals surface area contributed by atoms with E-state index >= 15 is 0 Å². The third kappa shape index (κ3) is 4.37. The smallest absolute Gasteiger partial charge is 0.328 e. The van der Waals surface area contributed by atoms with Crippen LogP contribution in [-0.4, -0.2) is 22.7 Å². The maximum atomic E-state index is 11.5. The van der Waals surface area contributed by atoms with E-state index in [1.54, 1.807) is 6.07 Å². The topological polar surface area (TPSA) is 90.1 Å². The maximum absolute atomic E-state index is 11.5. The summed E-state index contributed by atoms with van der Waals surface area (Å²) in [7, 11) is 0. The molecule has 1 aromatic heterocycles. The number of rotatable bonds is 4. The number of hydrogen-bond donors (Lipinski definition) is 2. The third-order valence-corrected chi connectivity index (χ3v) is 2.67. The van der Waals surface area contributed by atoms with Gasteiger partial charge >= 0.3 is 5.69 Å². The van der Waals surface area contributed by atoms with Crippen molar-refractivity contribution in [2.75, 3.05) is 13.2 Å². The Balaban J connectivity index is 1.97. The Morgan fingerprint density at radius 2 is 2.14 bits per heavy atom. The van der Waals surface area contributed by atoms with Crippen LogP contribution in [0.2, 0.25) is 0 Å². The average molecular weight is 285 g/mol. The van der Waals surface area contributed by atoms with Crippen molar-refractivity contribution in [1.29, 1.82) is 0 Å². The largest absolute Gasteiger partial charge is 0.492 e. The van der Waals surface area contributed by atoms with E-state index in [1.165, 1.54) is 16.8 Å². The van der Waals surface area contributed by atoms with Gasteiger partial charge in [-0.3, -0.25) is 14.3 Å². The maximum Gasteiger partial charge on any atom is 0.328 e. The minimum Gasteiger partial charge on any atom is -0.492 e. The van der Waals surface area contributed by atoms with Gasteiger partial charge in [0, 0.05) is 17.8 Å². The highest BCUT2D eigenvalue weighted by Gasteiger charge is 1.98. The fourth-order valence-electron chi connectivity index (χ4n) is 1.70. The van der Waals surface area contributed by atoms with E-state index in [-0.39, 0.29) is 0 Å². The lowest BCUT2D eigenvalue weighted by atomic mass is 10.2. The molecule has 2 rings (SSSR count). The van der Waals surface area contributed by atoms with E-state index in [9.17, 15) is 9.59 Å². The lowest BCUT2D eigenvalue weighted by molar-refractivity contribution is 0.295. The molecule has 0 saturated heterocycles. The number of H-pyrrole nitrogens is 1. The zero-order chi connectivity index (χ0) is 15.1. The van der Waals surface area contributed by atoms with Crippen LogP contribution in [0.1, 0.15) is 5.56 Å². The van der Waals surface area contributed by atoms with Crippen LogP contribution in [0.5, 0.6) is 5.75 Å². The Bertz CT molecular complexity index is 781. The van der Waals surface area contributed by atoms with Crippen molar-refractivity contribution in [2.45, 2.75) is 6.54 Å². The Morgan fingerprint density at radius 3 is 2.90 bits per heavy atom. The summed E-state index contributed by atoms with van der Waals surface area (Å²) < 4.78 is 6.94. The van der Waals surface area contributed by atoms with Crippen molar-refractivity contribution in [3.63, 3.8) is 0 Å². The van der Waals surface area contributed by atoms with Crippen LogP contribution in [0.3, 0.4) is 0 Å². The van der Waals surface area contributed by atoms with Gasteiger partial charge < -0.3 is 10.5 Å².